The number of benzene rings is 3. The van der Waals surface area contributed by atoms with Crippen molar-refractivity contribution in [3.8, 4) is 11.8 Å². The van der Waals surface area contributed by atoms with Crippen LogP contribution in [0.4, 0.5) is 0 Å². The van der Waals surface area contributed by atoms with E-state index in [4.69, 9.17) is 16.3 Å². The standard InChI is InChI=1S/C23H20ClNO/c1-3-16(2)26-23-11-8-17(13-22(23)24)12-21(15-25)20-10-9-18-6-4-5-7-19(18)14-20/h4-14,16H,3H2,1-2H3. The van der Waals surface area contributed by atoms with Crippen LogP contribution in [0.25, 0.3) is 22.4 Å². The molecule has 0 radical (unpaired) electrons. The second-order valence-corrected chi connectivity index (χ2v) is 6.67. The summed E-state index contributed by atoms with van der Waals surface area (Å²) in [6.45, 7) is 4.08. The summed E-state index contributed by atoms with van der Waals surface area (Å²) in [6, 6.07) is 22.1. The molecule has 0 aliphatic carbocycles. The molecule has 2 nitrogen and oxygen atoms in total. The van der Waals surface area contributed by atoms with Crippen molar-refractivity contribution in [2.24, 2.45) is 0 Å². The van der Waals surface area contributed by atoms with Gasteiger partial charge in [-0.3, -0.25) is 0 Å². The van der Waals surface area contributed by atoms with Crippen molar-refractivity contribution in [2.75, 3.05) is 0 Å². The number of hydrogen-bond acceptors (Lipinski definition) is 2. The Morgan fingerprint density at radius 1 is 1.12 bits per heavy atom. The molecule has 3 aromatic rings. The smallest absolute Gasteiger partial charge is 0.138 e. The summed E-state index contributed by atoms with van der Waals surface area (Å²) < 4.78 is 5.80. The molecule has 3 aromatic carbocycles. The lowest BCUT2D eigenvalue weighted by Crippen LogP contribution is -2.09. The topological polar surface area (TPSA) is 33.0 Å². The van der Waals surface area contributed by atoms with Gasteiger partial charge in [0.1, 0.15) is 5.75 Å². The lowest BCUT2D eigenvalue weighted by molar-refractivity contribution is 0.217. The van der Waals surface area contributed by atoms with Gasteiger partial charge < -0.3 is 4.74 Å². The average Bonchev–Trinajstić information content (AvgIpc) is 2.67. The second-order valence-electron chi connectivity index (χ2n) is 6.26. The Hall–Kier alpha value is -2.76. The van der Waals surface area contributed by atoms with Crippen molar-refractivity contribution >= 4 is 34.0 Å². The van der Waals surface area contributed by atoms with E-state index in [0.717, 1.165) is 28.3 Å². The number of nitrogens with zero attached hydrogens (tertiary/aromatic N) is 1. The SMILES string of the molecule is CCC(C)Oc1ccc(C=C(C#N)c2ccc3ccccc3c2)cc1Cl. The molecule has 0 saturated carbocycles. The Labute approximate surface area is 159 Å². The molecule has 130 valence electrons. The van der Waals surface area contributed by atoms with Crippen LogP contribution in [0.5, 0.6) is 5.75 Å². The van der Waals surface area contributed by atoms with E-state index in [1.54, 1.807) is 0 Å². The number of allylic oxidation sites excluding steroid dienone is 1. The number of hydrogen-bond donors (Lipinski definition) is 0. The number of ether oxygens (including phenoxy) is 1. The summed E-state index contributed by atoms with van der Waals surface area (Å²) in [5.41, 5.74) is 2.36. The molecule has 3 heteroatoms. The Balaban J connectivity index is 1.93. The van der Waals surface area contributed by atoms with Crippen LogP contribution in [0.1, 0.15) is 31.4 Å². The molecule has 26 heavy (non-hydrogen) atoms. The maximum Gasteiger partial charge on any atom is 0.138 e. The van der Waals surface area contributed by atoms with Gasteiger partial charge in [-0.2, -0.15) is 5.26 Å². The van der Waals surface area contributed by atoms with Gasteiger partial charge in [0.05, 0.1) is 22.8 Å². The van der Waals surface area contributed by atoms with Crippen molar-refractivity contribution in [1.82, 2.24) is 0 Å². The first-order valence-corrected chi connectivity index (χ1v) is 9.05. The molecule has 0 aromatic heterocycles. The van der Waals surface area contributed by atoms with Gasteiger partial charge in [-0.15, -0.1) is 0 Å². The number of rotatable bonds is 5. The highest BCUT2D eigenvalue weighted by Crippen LogP contribution is 2.29. The monoisotopic (exact) mass is 361 g/mol. The maximum absolute atomic E-state index is 9.61. The highest BCUT2D eigenvalue weighted by atomic mass is 35.5. The first-order chi connectivity index (χ1) is 12.6. The van der Waals surface area contributed by atoms with Crippen LogP contribution in [0.3, 0.4) is 0 Å². The zero-order valence-corrected chi connectivity index (χ0v) is 15.6. The van der Waals surface area contributed by atoms with Gasteiger partial charge in [0, 0.05) is 0 Å². The fraction of sp³-hybridized carbons (Fsp3) is 0.174. The highest BCUT2D eigenvalue weighted by Gasteiger charge is 2.08. The van der Waals surface area contributed by atoms with Crippen LogP contribution in [0, 0.1) is 11.3 Å². The molecule has 0 aliphatic rings. The van der Waals surface area contributed by atoms with Crippen molar-refractivity contribution in [3.05, 3.63) is 76.8 Å². The van der Waals surface area contributed by atoms with Crippen molar-refractivity contribution in [1.29, 1.82) is 5.26 Å². The zero-order valence-electron chi connectivity index (χ0n) is 14.9. The molecule has 0 spiro atoms. The van der Waals surface area contributed by atoms with E-state index in [1.165, 1.54) is 0 Å². The highest BCUT2D eigenvalue weighted by molar-refractivity contribution is 6.32. The Morgan fingerprint density at radius 3 is 2.58 bits per heavy atom. The summed E-state index contributed by atoms with van der Waals surface area (Å²) in [6.07, 6.45) is 2.88. The van der Waals surface area contributed by atoms with Gasteiger partial charge in [-0.25, -0.2) is 0 Å². The minimum atomic E-state index is 0.112. The minimum absolute atomic E-state index is 0.112. The van der Waals surface area contributed by atoms with E-state index in [-0.39, 0.29) is 6.10 Å². The third-order valence-electron chi connectivity index (χ3n) is 4.35. The second kappa shape index (κ2) is 8.08. The molecule has 0 N–H and O–H groups in total. The van der Waals surface area contributed by atoms with E-state index in [2.05, 4.69) is 19.1 Å². The average molecular weight is 362 g/mol. The molecular weight excluding hydrogens is 342 g/mol. The van der Waals surface area contributed by atoms with E-state index in [1.807, 2.05) is 67.6 Å². The molecule has 3 rings (SSSR count). The number of halogens is 1. The van der Waals surface area contributed by atoms with Crippen LogP contribution < -0.4 is 4.74 Å². The van der Waals surface area contributed by atoms with Crippen LogP contribution in [-0.4, -0.2) is 6.10 Å². The van der Waals surface area contributed by atoms with Gasteiger partial charge in [-0.05, 0) is 59.5 Å². The fourth-order valence-electron chi connectivity index (χ4n) is 2.71. The van der Waals surface area contributed by atoms with Crippen molar-refractivity contribution < 1.29 is 4.74 Å². The Morgan fingerprint density at radius 2 is 1.88 bits per heavy atom. The summed E-state index contributed by atoms with van der Waals surface area (Å²) in [7, 11) is 0. The molecule has 0 amide bonds. The molecule has 0 fully saturated rings. The third-order valence-corrected chi connectivity index (χ3v) is 4.65. The minimum Gasteiger partial charge on any atom is -0.489 e. The van der Waals surface area contributed by atoms with Crippen LogP contribution in [0.15, 0.2) is 60.7 Å². The maximum atomic E-state index is 9.61. The van der Waals surface area contributed by atoms with Crippen LogP contribution >= 0.6 is 11.6 Å². The van der Waals surface area contributed by atoms with Crippen LogP contribution in [-0.2, 0) is 0 Å². The van der Waals surface area contributed by atoms with Crippen molar-refractivity contribution in [2.45, 2.75) is 26.4 Å². The molecule has 0 aliphatic heterocycles. The molecular formula is C23H20ClNO. The molecule has 1 unspecified atom stereocenters. The van der Waals surface area contributed by atoms with Gasteiger partial charge in [0.2, 0.25) is 0 Å². The first-order valence-electron chi connectivity index (χ1n) is 8.68. The molecule has 0 saturated heterocycles. The van der Waals surface area contributed by atoms with Gasteiger partial charge in [0.25, 0.3) is 0 Å². The first kappa shape index (κ1) is 18.0. The van der Waals surface area contributed by atoms with Crippen LogP contribution in [0.2, 0.25) is 5.02 Å². The molecule has 0 bridgehead atoms. The number of nitriles is 1. The largest absolute Gasteiger partial charge is 0.489 e. The molecule has 0 heterocycles. The van der Waals surface area contributed by atoms with E-state index in [0.29, 0.717) is 16.3 Å². The van der Waals surface area contributed by atoms with E-state index >= 15 is 0 Å². The summed E-state index contributed by atoms with van der Waals surface area (Å²) >= 11 is 6.34. The lowest BCUT2D eigenvalue weighted by Gasteiger charge is -2.14. The summed E-state index contributed by atoms with van der Waals surface area (Å²) in [5.74, 6) is 0.669. The normalized spacial score (nSPS) is 12.6. The Bertz CT molecular complexity index is 1000. The summed E-state index contributed by atoms with van der Waals surface area (Å²) in [4.78, 5) is 0. The van der Waals surface area contributed by atoms with Crippen molar-refractivity contribution in [3.63, 3.8) is 0 Å². The zero-order chi connectivity index (χ0) is 18.5. The predicted molar refractivity (Wildman–Crippen MR) is 109 cm³/mol. The molecule has 1 atom stereocenters. The lowest BCUT2D eigenvalue weighted by atomic mass is 10.00. The quantitative estimate of drug-likeness (QED) is 0.372. The van der Waals surface area contributed by atoms with Gasteiger partial charge >= 0.3 is 0 Å². The van der Waals surface area contributed by atoms with E-state index < -0.39 is 0 Å². The Kier molecular flexibility index (Phi) is 5.61. The number of fused-ring (bicyclic) bond motifs is 1. The third kappa shape index (κ3) is 4.07. The summed E-state index contributed by atoms with van der Waals surface area (Å²) in [5, 5.41) is 12.4. The predicted octanol–water partition coefficient (Wildman–Crippen LogP) is 6.73. The van der Waals surface area contributed by atoms with Gasteiger partial charge in [0.15, 0.2) is 0 Å². The fourth-order valence-corrected chi connectivity index (χ4v) is 2.94. The van der Waals surface area contributed by atoms with E-state index in [9.17, 15) is 5.26 Å². The van der Waals surface area contributed by atoms with Gasteiger partial charge in [-0.1, -0.05) is 61.0 Å².